The highest BCUT2D eigenvalue weighted by Gasteiger charge is 2.09. The van der Waals surface area contributed by atoms with Gasteiger partial charge in [0.05, 0.1) is 10.6 Å². The maximum Gasteiger partial charge on any atom is 0.254 e. The smallest absolute Gasteiger partial charge is 0.254 e. The van der Waals surface area contributed by atoms with Crippen LogP contribution in [-0.2, 0) is 10.8 Å². The van der Waals surface area contributed by atoms with E-state index in [0.717, 1.165) is 0 Å². The number of nitrogens with zero attached hydrogens (tertiary/aromatic N) is 1. The monoisotopic (exact) mass is 246 g/mol. The van der Waals surface area contributed by atoms with Crippen molar-refractivity contribution in [2.75, 3.05) is 18.6 Å². The molecule has 0 saturated heterocycles. The van der Waals surface area contributed by atoms with E-state index in [1.54, 1.807) is 12.3 Å². The molecular formula is C9H11ClN2O2S. The largest absolute Gasteiger partial charge is 0.351 e. The van der Waals surface area contributed by atoms with Gasteiger partial charge in [-0.1, -0.05) is 11.6 Å². The van der Waals surface area contributed by atoms with Crippen molar-refractivity contribution in [2.24, 2.45) is 0 Å². The second-order valence-electron chi connectivity index (χ2n) is 2.89. The predicted octanol–water partition coefficient (Wildman–Crippen LogP) is 0.843. The average molecular weight is 247 g/mol. The maximum absolute atomic E-state index is 11.5. The van der Waals surface area contributed by atoms with Gasteiger partial charge in [0, 0.05) is 41.7 Å². The summed E-state index contributed by atoms with van der Waals surface area (Å²) in [7, 11) is -0.907. The van der Waals surface area contributed by atoms with Crippen molar-refractivity contribution in [1.82, 2.24) is 10.3 Å². The molecule has 0 aromatic carbocycles. The lowest BCUT2D eigenvalue weighted by Crippen LogP contribution is -2.27. The van der Waals surface area contributed by atoms with Crippen molar-refractivity contribution in [2.45, 2.75) is 0 Å². The van der Waals surface area contributed by atoms with E-state index in [1.165, 1.54) is 12.4 Å². The highest BCUT2D eigenvalue weighted by atomic mass is 35.5. The predicted molar refractivity (Wildman–Crippen MR) is 60.5 cm³/mol. The summed E-state index contributed by atoms with van der Waals surface area (Å²) < 4.78 is 10.8. The number of halogens is 1. The van der Waals surface area contributed by atoms with Gasteiger partial charge in [0.25, 0.3) is 5.91 Å². The third-order valence-electron chi connectivity index (χ3n) is 1.69. The van der Waals surface area contributed by atoms with Crippen LogP contribution in [0.5, 0.6) is 0 Å². The highest BCUT2D eigenvalue weighted by molar-refractivity contribution is 7.84. The van der Waals surface area contributed by atoms with Crippen molar-refractivity contribution in [1.29, 1.82) is 0 Å². The molecule has 0 aliphatic heterocycles. The molecule has 6 heteroatoms. The summed E-state index contributed by atoms with van der Waals surface area (Å²) in [5, 5.41) is 2.98. The van der Waals surface area contributed by atoms with Crippen molar-refractivity contribution >= 4 is 28.3 Å². The Labute approximate surface area is 95.5 Å². The molecule has 15 heavy (non-hydrogen) atoms. The van der Waals surface area contributed by atoms with Crippen molar-refractivity contribution in [3.05, 3.63) is 29.0 Å². The summed E-state index contributed by atoms with van der Waals surface area (Å²) in [5.41, 5.74) is 0.334. The molecule has 0 aliphatic rings. The lowest BCUT2D eigenvalue weighted by Gasteiger charge is -2.04. The van der Waals surface area contributed by atoms with Crippen LogP contribution in [0, 0.1) is 0 Å². The molecule has 1 aromatic heterocycles. The average Bonchev–Trinajstić information content (AvgIpc) is 2.17. The van der Waals surface area contributed by atoms with Gasteiger partial charge in [-0.05, 0) is 6.07 Å². The summed E-state index contributed by atoms with van der Waals surface area (Å²) in [4.78, 5) is 15.3. The molecule has 1 amide bonds. The molecule has 0 saturated carbocycles. The number of aromatic nitrogens is 1. The molecule has 0 bridgehead atoms. The number of nitrogens with one attached hydrogen (secondary N) is 1. The minimum absolute atomic E-state index is 0.293. The Bertz CT molecular complexity index is 384. The minimum Gasteiger partial charge on any atom is -0.351 e. The first kappa shape index (κ1) is 12.1. The van der Waals surface area contributed by atoms with Crippen LogP contribution >= 0.6 is 11.6 Å². The SMILES string of the molecule is CS(=O)CCNC(=O)c1cnccc1Cl. The maximum atomic E-state index is 11.5. The van der Waals surface area contributed by atoms with Crippen LogP contribution in [0.1, 0.15) is 10.4 Å². The zero-order valence-electron chi connectivity index (χ0n) is 8.20. The summed E-state index contributed by atoms with van der Waals surface area (Å²) in [6.45, 7) is 0.368. The fourth-order valence-electron chi connectivity index (χ4n) is 0.948. The number of hydrogen-bond acceptors (Lipinski definition) is 3. The summed E-state index contributed by atoms with van der Waals surface area (Å²) >= 11 is 5.80. The molecule has 0 radical (unpaired) electrons. The van der Waals surface area contributed by atoms with E-state index in [9.17, 15) is 9.00 Å². The first-order chi connectivity index (χ1) is 7.11. The molecule has 4 nitrogen and oxygen atoms in total. The molecule has 1 atom stereocenters. The number of amides is 1. The van der Waals surface area contributed by atoms with Gasteiger partial charge >= 0.3 is 0 Å². The van der Waals surface area contributed by atoms with Gasteiger partial charge in [0.2, 0.25) is 0 Å². The first-order valence-electron chi connectivity index (χ1n) is 4.29. The Hall–Kier alpha value is -0.940. The Morgan fingerprint density at radius 1 is 1.67 bits per heavy atom. The van der Waals surface area contributed by atoms with E-state index in [4.69, 9.17) is 11.6 Å². The number of rotatable bonds is 4. The number of carbonyl (C=O) groups excluding carboxylic acids is 1. The van der Waals surface area contributed by atoms with Crippen molar-refractivity contribution in [3.63, 3.8) is 0 Å². The number of carbonyl (C=O) groups is 1. The van der Waals surface area contributed by atoms with Gasteiger partial charge in [0.15, 0.2) is 0 Å². The molecular weight excluding hydrogens is 236 g/mol. The summed E-state index contributed by atoms with van der Waals surface area (Å²) in [6, 6.07) is 1.55. The van der Waals surface area contributed by atoms with Crippen LogP contribution < -0.4 is 5.32 Å². The lowest BCUT2D eigenvalue weighted by molar-refractivity contribution is 0.0956. The number of hydrogen-bond donors (Lipinski definition) is 1. The topological polar surface area (TPSA) is 59.1 Å². The second kappa shape index (κ2) is 5.82. The van der Waals surface area contributed by atoms with E-state index in [2.05, 4.69) is 10.3 Å². The molecule has 1 aromatic rings. The number of pyridine rings is 1. The minimum atomic E-state index is -0.907. The summed E-state index contributed by atoms with van der Waals surface area (Å²) in [5.74, 6) is 0.141. The Kier molecular flexibility index (Phi) is 4.71. The van der Waals surface area contributed by atoms with Gasteiger partial charge in [-0.15, -0.1) is 0 Å². The van der Waals surface area contributed by atoms with Crippen LogP contribution in [0.4, 0.5) is 0 Å². The van der Waals surface area contributed by atoms with Crippen LogP contribution in [0.15, 0.2) is 18.5 Å². The van der Waals surface area contributed by atoms with Crippen LogP contribution in [0.2, 0.25) is 5.02 Å². The zero-order valence-corrected chi connectivity index (χ0v) is 9.77. The van der Waals surface area contributed by atoms with E-state index in [1.807, 2.05) is 0 Å². The van der Waals surface area contributed by atoms with E-state index in [-0.39, 0.29) is 5.91 Å². The van der Waals surface area contributed by atoms with Gasteiger partial charge in [-0.2, -0.15) is 0 Å². The highest BCUT2D eigenvalue weighted by Crippen LogP contribution is 2.12. The standard InChI is InChI=1S/C9H11ClN2O2S/c1-15(14)5-4-12-9(13)7-6-11-3-2-8(7)10/h2-3,6H,4-5H2,1H3,(H,12,13). The molecule has 1 unspecified atom stereocenters. The molecule has 0 fully saturated rings. The molecule has 82 valence electrons. The van der Waals surface area contributed by atoms with Gasteiger partial charge in [-0.3, -0.25) is 14.0 Å². The Morgan fingerprint density at radius 2 is 2.40 bits per heavy atom. The fourth-order valence-corrected chi connectivity index (χ4v) is 1.53. The Morgan fingerprint density at radius 3 is 3.00 bits per heavy atom. The quantitative estimate of drug-likeness (QED) is 0.857. The van der Waals surface area contributed by atoms with Gasteiger partial charge in [0.1, 0.15) is 0 Å². The van der Waals surface area contributed by atoms with Crippen LogP contribution in [-0.4, -0.2) is 33.7 Å². The second-order valence-corrected chi connectivity index (χ2v) is 4.85. The first-order valence-corrected chi connectivity index (χ1v) is 6.39. The lowest BCUT2D eigenvalue weighted by atomic mass is 10.2. The van der Waals surface area contributed by atoms with Crippen LogP contribution in [0.3, 0.4) is 0 Å². The molecule has 1 rings (SSSR count). The zero-order chi connectivity index (χ0) is 11.3. The molecule has 1 N–H and O–H groups in total. The van der Waals surface area contributed by atoms with Crippen molar-refractivity contribution < 1.29 is 9.00 Å². The third-order valence-corrected chi connectivity index (χ3v) is 2.80. The van der Waals surface area contributed by atoms with Crippen molar-refractivity contribution in [3.8, 4) is 0 Å². The third kappa shape index (κ3) is 3.97. The summed E-state index contributed by atoms with van der Waals surface area (Å²) in [6.07, 6.45) is 4.50. The molecule has 0 aliphatic carbocycles. The van der Waals surface area contributed by atoms with E-state index in [0.29, 0.717) is 22.9 Å². The van der Waals surface area contributed by atoms with E-state index >= 15 is 0 Å². The Balaban J connectivity index is 2.54. The van der Waals surface area contributed by atoms with E-state index < -0.39 is 10.8 Å². The van der Waals surface area contributed by atoms with Gasteiger partial charge in [-0.25, -0.2) is 0 Å². The fraction of sp³-hybridized carbons (Fsp3) is 0.333. The molecule has 0 spiro atoms. The normalized spacial score (nSPS) is 12.1. The van der Waals surface area contributed by atoms with Gasteiger partial charge < -0.3 is 5.32 Å². The van der Waals surface area contributed by atoms with Crippen LogP contribution in [0.25, 0.3) is 0 Å². The molecule has 1 heterocycles.